The fourth-order valence-corrected chi connectivity index (χ4v) is 11.7. The molecule has 0 spiro atoms. The van der Waals surface area contributed by atoms with Gasteiger partial charge in [-0.15, -0.1) is 0 Å². The first kappa shape index (κ1) is 31.1. The molecule has 3 nitrogen and oxygen atoms in total. The SMILES string of the molecule is O=S1(=O)c2ccccc2C(c2ccccc2)(c2ccccc2)c2ccc3c(c21)C(c1ccc2c(c1)c1ccccc1n2-c1ccccc1)c1ccccc1-3. The first-order valence-electron chi connectivity index (χ1n) is 18.4. The van der Waals surface area contributed by atoms with Crippen LogP contribution in [0.1, 0.15) is 44.9 Å². The number of aromatic nitrogens is 1. The van der Waals surface area contributed by atoms with Gasteiger partial charge in [0.05, 0.1) is 26.2 Å². The Morgan fingerprint density at radius 1 is 0.481 bits per heavy atom. The summed E-state index contributed by atoms with van der Waals surface area (Å²) in [6.07, 6.45) is 0. The minimum atomic E-state index is -3.99. The van der Waals surface area contributed by atoms with Crippen molar-refractivity contribution in [2.45, 2.75) is 21.1 Å². The van der Waals surface area contributed by atoms with E-state index in [-0.39, 0.29) is 5.92 Å². The summed E-state index contributed by atoms with van der Waals surface area (Å²) in [6.45, 7) is 0. The van der Waals surface area contributed by atoms with Crippen LogP contribution in [0.3, 0.4) is 0 Å². The molecule has 1 aliphatic heterocycles. The molecule has 8 aromatic carbocycles. The molecule has 9 aromatic rings. The fraction of sp³-hybridized carbons (Fsp3) is 0.0400. The van der Waals surface area contributed by atoms with E-state index in [2.05, 4.69) is 156 Å². The second-order valence-electron chi connectivity index (χ2n) is 14.4. The summed E-state index contributed by atoms with van der Waals surface area (Å²) in [5, 5.41) is 2.30. The average molecular weight is 712 g/mol. The number of sulfone groups is 1. The third kappa shape index (κ3) is 4.09. The van der Waals surface area contributed by atoms with E-state index >= 15 is 8.42 Å². The van der Waals surface area contributed by atoms with Gasteiger partial charge in [-0.25, -0.2) is 8.42 Å². The molecule has 2 aliphatic rings. The number of hydrogen-bond acceptors (Lipinski definition) is 2. The number of para-hydroxylation sites is 2. The van der Waals surface area contributed by atoms with Gasteiger partial charge < -0.3 is 4.57 Å². The molecule has 0 amide bonds. The van der Waals surface area contributed by atoms with Crippen LogP contribution >= 0.6 is 0 Å². The maximum absolute atomic E-state index is 15.5. The minimum absolute atomic E-state index is 0.307. The molecule has 0 saturated heterocycles. The molecule has 11 rings (SSSR count). The van der Waals surface area contributed by atoms with Crippen molar-refractivity contribution in [3.63, 3.8) is 0 Å². The number of hydrogen-bond donors (Lipinski definition) is 0. The molecular formula is C50H33NO2S. The highest BCUT2D eigenvalue weighted by atomic mass is 32.2. The molecule has 0 bridgehead atoms. The van der Waals surface area contributed by atoms with E-state index < -0.39 is 15.3 Å². The van der Waals surface area contributed by atoms with E-state index in [1.807, 2.05) is 36.4 Å². The molecule has 0 radical (unpaired) electrons. The van der Waals surface area contributed by atoms with Crippen molar-refractivity contribution in [2.24, 2.45) is 0 Å². The first-order valence-corrected chi connectivity index (χ1v) is 19.9. The van der Waals surface area contributed by atoms with Gasteiger partial charge in [-0.05, 0) is 86.5 Å². The van der Waals surface area contributed by atoms with Gasteiger partial charge in [0.1, 0.15) is 0 Å². The lowest BCUT2D eigenvalue weighted by Gasteiger charge is -2.42. The summed E-state index contributed by atoms with van der Waals surface area (Å²) in [5.41, 5.74) is 11.2. The Morgan fingerprint density at radius 2 is 1.09 bits per heavy atom. The van der Waals surface area contributed by atoms with Crippen LogP contribution < -0.4 is 0 Å². The summed E-state index contributed by atoms with van der Waals surface area (Å²) in [7, 11) is -3.99. The molecule has 2 heterocycles. The van der Waals surface area contributed by atoms with Crippen LogP contribution in [0.5, 0.6) is 0 Å². The lowest BCUT2D eigenvalue weighted by atomic mass is 9.64. The predicted molar refractivity (Wildman–Crippen MR) is 217 cm³/mol. The number of nitrogens with zero attached hydrogens (tertiary/aromatic N) is 1. The Morgan fingerprint density at radius 3 is 1.85 bits per heavy atom. The van der Waals surface area contributed by atoms with Crippen molar-refractivity contribution in [1.82, 2.24) is 4.57 Å². The Balaban J connectivity index is 1.26. The summed E-state index contributed by atoms with van der Waals surface area (Å²) in [5.74, 6) is -0.307. The lowest BCUT2D eigenvalue weighted by molar-refractivity contribution is 0.576. The third-order valence-corrected chi connectivity index (χ3v) is 13.7. The van der Waals surface area contributed by atoms with Crippen molar-refractivity contribution in [2.75, 3.05) is 0 Å². The third-order valence-electron chi connectivity index (χ3n) is 11.8. The summed E-state index contributed by atoms with van der Waals surface area (Å²) in [6, 6.07) is 66.9. The van der Waals surface area contributed by atoms with Crippen LogP contribution in [0.2, 0.25) is 0 Å². The predicted octanol–water partition coefficient (Wildman–Crippen LogP) is 11.5. The number of fused-ring (bicyclic) bond motifs is 9. The molecule has 0 N–H and O–H groups in total. The van der Waals surface area contributed by atoms with Crippen molar-refractivity contribution in [3.05, 3.63) is 233 Å². The van der Waals surface area contributed by atoms with Gasteiger partial charge in [0.15, 0.2) is 0 Å². The molecule has 1 aromatic heterocycles. The molecule has 4 heteroatoms. The van der Waals surface area contributed by atoms with E-state index in [0.717, 1.165) is 77.6 Å². The second kappa shape index (κ2) is 11.5. The van der Waals surface area contributed by atoms with Gasteiger partial charge in [0.2, 0.25) is 9.84 Å². The normalized spacial score (nSPS) is 16.0. The van der Waals surface area contributed by atoms with E-state index in [1.165, 1.54) is 0 Å². The van der Waals surface area contributed by atoms with E-state index in [1.54, 1.807) is 6.07 Å². The lowest BCUT2D eigenvalue weighted by Crippen LogP contribution is -2.38. The fourth-order valence-electron chi connectivity index (χ4n) is 9.66. The van der Waals surface area contributed by atoms with Crippen molar-refractivity contribution in [1.29, 1.82) is 0 Å². The van der Waals surface area contributed by atoms with Gasteiger partial charge in [-0.3, -0.25) is 0 Å². The Bertz CT molecular complexity index is 3020. The number of rotatable bonds is 4. The largest absolute Gasteiger partial charge is 0.309 e. The zero-order valence-corrected chi connectivity index (χ0v) is 30.0. The quantitative estimate of drug-likeness (QED) is 0.182. The molecule has 0 saturated carbocycles. The highest BCUT2D eigenvalue weighted by molar-refractivity contribution is 7.91. The zero-order valence-electron chi connectivity index (χ0n) is 29.2. The van der Waals surface area contributed by atoms with Crippen LogP contribution in [0.4, 0.5) is 0 Å². The highest BCUT2D eigenvalue weighted by Crippen LogP contribution is 2.59. The maximum atomic E-state index is 15.5. The van der Waals surface area contributed by atoms with E-state index in [0.29, 0.717) is 9.79 Å². The molecule has 256 valence electrons. The Labute approximate surface area is 314 Å². The van der Waals surface area contributed by atoms with Gasteiger partial charge in [-0.2, -0.15) is 0 Å². The van der Waals surface area contributed by atoms with Crippen molar-refractivity contribution < 1.29 is 8.42 Å². The van der Waals surface area contributed by atoms with Gasteiger partial charge >= 0.3 is 0 Å². The van der Waals surface area contributed by atoms with Gasteiger partial charge in [0, 0.05) is 22.4 Å². The van der Waals surface area contributed by atoms with Crippen LogP contribution in [-0.4, -0.2) is 13.0 Å². The zero-order chi connectivity index (χ0) is 36.0. The molecule has 1 aliphatic carbocycles. The van der Waals surface area contributed by atoms with Gasteiger partial charge in [0.25, 0.3) is 0 Å². The molecular weight excluding hydrogens is 679 g/mol. The molecule has 54 heavy (non-hydrogen) atoms. The monoisotopic (exact) mass is 711 g/mol. The first-order chi connectivity index (χ1) is 26.6. The highest BCUT2D eigenvalue weighted by Gasteiger charge is 2.51. The maximum Gasteiger partial charge on any atom is 0.207 e. The minimum Gasteiger partial charge on any atom is -0.309 e. The van der Waals surface area contributed by atoms with Crippen molar-refractivity contribution >= 4 is 31.6 Å². The molecule has 1 atom stereocenters. The van der Waals surface area contributed by atoms with Crippen LogP contribution in [0.25, 0.3) is 38.6 Å². The molecule has 1 unspecified atom stereocenters. The molecule has 0 fully saturated rings. The van der Waals surface area contributed by atoms with Crippen molar-refractivity contribution in [3.8, 4) is 16.8 Å². The summed E-state index contributed by atoms with van der Waals surface area (Å²) < 4.78 is 33.3. The topological polar surface area (TPSA) is 39.1 Å². The summed E-state index contributed by atoms with van der Waals surface area (Å²) >= 11 is 0. The summed E-state index contributed by atoms with van der Waals surface area (Å²) in [4.78, 5) is 0.772. The smallest absolute Gasteiger partial charge is 0.207 e. The second-order valence-corrected chi connectivity index (χ2v) is 16.2. The Hall–Kier alpha value is -6.49. The average Bonchev–Trinajstić information content (AvgIpc) is 3.75. The van der Waals surface area contributed by atoms with Crippen LogP contribution in [0, 0.1) is 0 Å². The Kier molecular flexibility index (Phi) is 6.62. The standard InChI is InChI=1S/C50H33NO2S/c52-54(53)46-27-15-13-25-42(46)50(34-16-4-1-5-17-34,35-18-6-2-7-19-35)43-30-29-40-37-22-10-11-24-39(37)47(48(40)49(43)54)33-28-31-45-41(32-33)38-23-12-14-26-44(38)51(45)36-20-8-3-9-21-36/h1-32,47H. The van der Waals surface area contributed by atoms with E-state index in [9.17, 15) is 0 Å². The van der Waals surface area contributed by atoms with Gasteiger partial charge in [-0.1, -0.05) is 158 Å². The number of benzene rings is 8. The van der Waals surface area contributed by atoms with Crippen LogP contribution in [0.15, 0.2) is 204 Å². The van der Waals surface area contributed by atoms with Crippen LogP contribution in [-0.2, 0) is 15.3 Å². The van der Waals surface area contributed by atoms with E-state index in [4.69, 9.17) is 0 Å².